The molecule has 0 saturated carbocycles. The van der Waals surface area contributed by atoms with Crippen LogP contribution in [0.5, 0.6) is 0 Å². The van der Waals surface area contributed by atoms with Crippen LogP contribution in [0, 0.1) is 5.92 Å². The average molecular weight is 301 g/mol. The fourth-order valence-corrected chi connectivity index (χ4v) is 2.37. The Morgan fingerprint density at radius 2 is 2.00 bits per heavy atom. The Morgan fingerprint density at radius 1 is 1.38 bits per heavy atom. The molecule has 1 rings (SSSR count). The number of primary amides is 1. The van der Waals surface area contributed by atoms with Crippen LogP contribution < -0.4 is 11.1 Å². The van der Waals surface area contributed by atoms with Crippen molar-refractivity contribution < 1.29 is 24.2 Å². The van der Waals surface area contributed by atoms with Crippen LogP contribution in [0.25, 0.3) is 0 Å². The number of hydrogen-bond donors (Lipinski definition) is 3. The standard InChI is InChI=1S/C13H23N3O5/c1-21-10(7-12(18)19)8-15-13(20)16-4-2-9(3-5-16)6-11(14)17/h9-10H,2-8H2,1H3,(H2,14,17)(H,15,20)(H,18,19). The average Bonchev–Trinajstić information content (AvgIpc) is 2.42. The normalized spacial score (nSPS) is 17.3. The number of nitrogens with zero attached hydrogens (tertiary/aromatic N) is 1. The van der Waals surface area contributed by atoms with Gasteiger partial charge in [0.2, 0.25) is 5.91 Å². The first kappa shape index (κ1) is 17.2. The second-order valence-electron chi connectivity index (χ2n) is 5.24. The van der Waals surface area contributed by atoms with Crippen LogP contribution in [0.4, 0.5) is 4.79 Å². The molecule has 120 valence electrons. The molecule has 1 atom stereocenters. The van der Waals surface area contributed by atoms with Gasteiger partial charge in [-0.3, -0.25) is 9.59 Å². The molecule has 0 aliphatic carbocycles. The summed E-state index contributed by atoms with van der Waals surface area (Å²) >= 11 is 0. The lowest BCUT2D eigenvalue weighted by Crippen LogP contribution is -2.47. The minimum atomic E-state index is -0.969. The maximum absolute atomic E-state index is 12.0. The number of nitrogens with two attached hydrogens (primary N) is 1. The molecule has 3 amide bonds. The number of likely N-dealkylation sites (tertiary alicyclic amines) is 1. The highest BCUT2D eigenvalue weighted by atomic mass is 16.5. The second-order valence-corrected chi connectivity index (χ2v) is 5.24. The van der Waals surface area contributed by atoms with Crippen molar-refractivity contribution >= 4 is 17.9 Å². The maximum atomic E-state index is 12.0. The number of carboxylic acid groups (broad SMARTS) is 1. The highest BCUT2D eigenvalue weighted by Crippen LogP contribution is 2.20. The molecular formula is C13H23N3O5. The van der Waals surface area contributed by atoms with Crippen molar-refractivity contribution in [1.29, 1.82) is 0 Å². The molecular weight excluding hydrogens is 278 g/mol. The largest absolute Gasteiger partial charge is 0.481 e. The number of ether oxygens (including phenoxy) is 1. The van der Waals surface area contributed by atoms with Gasteiger partial charge in [0.25, 0.3) is 0 Å². The number of piperidine rings is 1. The number of methoxy groups -OCH3 is 1. The van der Waals surface area contributed by atoms with Gasteiger partial charge in [0.15, 0.2) is 0 Å². The van der Waals surface area contributed by atoms with E-state index in [2.05, 4.69) is 5.32 Å². The van der Waals surface area contributed by atoms with Crippen LogP contribution in [-0.2, 0) is 14.3 Å². The number of nitrogens with one attached hydrogen (secondary N) is 1. The van der Waals surface area contributed by atoms with Gasteiger partial charge in [-0.1, -0.05) is 0 Å². The number of carbonyl (C=O) groups is 3. The monoisotopic (exact) mass is 301 g/mol. The Kier molecular flexibility index (Phi) is 6.93. The Hall–Kier alpha value is -1.83. The van der Waals surface area contributed by atoms with Gasteiger partial charge < -0.3 is 25.8 Å². The predicted molar refractivity (Wildman–Crippen MR) is 74.6 cm³/mol. The van der Waals surface area contributed by atoms with Crippen LogP contribution in [0.2, 0.25) is 0 Å². The molecule has 0 radical (unpaired) electrons. The van der Waals surface area contributed by atoms with Crippen molar-refractivity contribution in [3.63, 3.8) is 0 Å². The third-order valence-electron chi connectivity index (χ3n) is 3.61. The molecule has 0 bridgehead atoms. The van der Waals surface area contributed by atoms with Gasteiger partial charge in [-0.25, -0.2) is 4.79 Å². The summed E-state index contributed by atoms with van der Waals surface area (Å²) < 4.78 is 4.99. The molecule has 4 N–H and O–H groups in total. The van der Waals surface area contributed by atoms with Crippen molar-refractivity contribution in [2.45, 2.75) is 31.8 Å². The summed E-state index contributed by atoms with van der Waals surface area (Å²) in [4.78, 5) is 35.1. The minimum Gasteiger partial charge on any atom is -0.481 e. The lowest BCUT2D eigenvalue weighted by molar-refractivity contribution is -0.139. The van der Waals surface area contributed by atoms with Crippen LogP contribution >= 0.6 is 0 Å². The lowest BCUT2D eigenvalue weighted by Gasteiger charge is -2.31. The Balaban J connectivity index is 2.30. The molecule has 0 spiro atoms. The molecule has 8 heteroatoms. The quantitative estimate of drug-likeness (QED) is 0.599. The van der Waals surface area contributed by atoms with E-state index in [0.29, 0.717) is 19.5 Å². The van der Waals surface area contributed by atoms with E-state index in [-0.39, 0.29) is 30.8 Å². The zero-order valence-corrected chi connectivity index (χ0v) is 12.2. The van der Waals surface area contributed by atoms with Gasteiger partial charge in [-0.05, 0) is 18.8 Å². The SMILES string of the molecule is COC(CNC(=O)N1CCC(CC(N)=O)CC1)CC(=O)O. The van der Waals surface area contributed by atoms with Crippen molar-refractivity contribution in [3.8, 4) is 0 Å². The van der Waals surface area contributed by atoms with Gasteiger partial charge in [-0.2, -0.15) is 0 Å². The zero-order chi connectivity index (χ0) is 15.8. The molecule has 1 heterocycles. The Morgan fingerprint density at radius 3 is 2.48 bits per heavy atom. The first-order valence-electron chi connectivity index (χ1n) is 6.98. The number of hydrogen-bond acceptors (Lipinski definition) is 4. The minimum absolute atomic E-state index is 0.155. The van der Waals surface area contributed by atoms with E-state index < -0.39 is 12.1 Å². The summed E-state index contributed by atoms with van der Waals surface area (Å²) in [6.45, 7) is 1.30. The maximum Gasteiger partial charge on any atom is 0.317 e. The van der Waals surface area contributed by atoms with Crippen LogP contribution in [0.3, 0.4) is 0 Å². The smallest absolute Gasteiger partial charge is 0.317 e. The van der Waals surface area contributed by atoms with Crippen molar-refractivity contribution in [2.75, 3.05) is 26.7 Å². The summed E-state index contributed by atoms with van der Waals surface area (Å²) in [7, 11) is 1.41. The molecule has 0 aromatic heterocycles. The highest BCUT2D eigenvalue weighted by molar-refractivity contribution is 5.75. The molecule has 1 unspecified atom stereocenters. The van der Waals surface area contributed by atoms with Gasteiger partial charge in [0, 0.05) is 33.2 Å². The fourth-order valence-electron chi connectivity index (χ4n) is 2.37. The second kappa shape index (κ2) is 8.46. The summed E-state index contributed by atoms with van der Waals surface area (Å²) in [6, 6.07) is -0.236. The number of carboxylic acids is 1. The van der Waals surface area contributed by atoms with Gasteiger partial charge in [0.05, 0.1) is 12.5 Å². The topological polar surface area (TPSA) is 122 Å². The summed E-state index contributed by atoms with van der Waals surface area (Å²) in [6.07, 6.45) is 1.16. The highest BCUT2D eigenvalue weighted by Gasteiger charge is 2.24. The number of aliphatic carboxylic acids is 1. The number of rotatable bonds is 7. The van der Waals surface area contributed by atoms with E-state index in [9.17, 15) is 14.4 Å². The van der Waals surface area contributed by atoms with E-state index in [4.69, 9.17) is 15.6 Å². The van der Waals surface area contributed by atoms with Crippen molar-refractivity contribution in [1.82, 2.24) is 10.2 Å². The van der Waals surface area contributed by atoms with E-state index in [1.54, 1.807) is 4.90 Å². The van der Waals surface area contributed by atoms with E-state index in [1.807, 2.05) is 0 Å². The molecule has 0 aromatic rings. The molecule has 1 aliphatic rings. The molecule has 8 nitrogen and oxygen atoms in total. The zero-order valence-electron chi connectivity index (χ0n) is 12.2. The van der Waals surface area contributed by atoms with E-state index >= 15 is 0 Å². The third kappa shape index (κ3) is 6.44. The molecule has 21 heavy (non-hydrogen) atoms. The molecule has 1 saturated heterocycles. The van der Waals surface area contributed by atoms with Crippen molar-refractivity contribution in [2.24, 2.45) is 11.7 Å². The van der Waals surface area contributed by atoms with Crippen LogP contribution in [0.1, 0.15) is 25.7 Å². The van der Waals surface area contributed by atoms with Gasteiger partial charge in [-0.15, -0.1) is 0 Å². The van der Waals surface area contributed by atoms with Gasteiger partial charge >= 0.3 is 12.0 Å². The van der Waals surface area contributed by atoms with Crippen molar-refractivity contribution in [3.05, 3.63) is 0 Å². The Bertz CT molecular complexity index is 380. The van der Waals surface area contributed by atoms with Gasteiger partial charge in [0.1, 0.15) is 0 Å². The van der Waals surface area contributed by atoms with E-state index in [0.717, 1.165) is 12.8 Å². The van der Waals surface area contributed by atoms with Crippen LogP contribution in [0.15, 0.2) is 0 Å². The molecule has 0 aromatic carbocycles. The lowest BCUT2D eigenvalue weighted by atomic mass is 9.93. The summed E-state index contributed by atoms with van der Waals surface area (Å²) in [5.41, 5.74) is 5.16. The first-order chi connectivity index (χ1) is 9.92. The number of amides is 3. The molecule has 1 aliphatic heterocycles. The summed E-state index contributed by atoms with van der Waals surface area (Å²) in [5.74, 6) is -1.04. The van der Waals surface area contributed by atoms with E-state index in [1.165, 1.54) is 7.11 Å². The first-order valence-corrected chi connectivity index (χ1v) is 6.98. The Labute approximate surface area is 123 Å². The number of carbonyl (C=O) groups excluding carboxylic acids is 2. The molecule has 1 fully saturated rings. The predicted octanol–water partition coefficient (Wildman–Crippen LogP) is -0.227. The third-order valence-corrected chi connectivity index (χ3v) is 3.61. The number of urea groups is 1. The summed E-state index contributed by atoms with van der Waals surface area (Å²) in [5, 5.41) is 11.4. The fraction of sp³-hybridized carbons (Fsp3) is 0.769. The van der Waals surface area contributed by atoms with Crippen LogP contribution in [-0.4, -0.2) is 60.8 Å².